The lowest BCUT2D eigenvalue weighted by molar-refractivity contribution is 1.40. The van der Waals surface area contributed by atoms with E-state index in [9.17, 15) is 0 Å². The molecule has 0 aliphatic carbocycles. The Hall–Kier alpha value is -0.670. The van der Waals surface area contributed by atoms with Crippen molar-refractivity contribution in [1.82, 2.24) is 4.98 Å². The van der Waals surface area contributed by atoms with Gasteiger partial charge in [0.05, 0.1) is 0 Å². The van der Waals surface area contributed by atoms with Crippen LogP contribution in [0.4, 0.5) is 0 Å². The summed E-state index contributed by atoms with van der Waals surface area (Å²) in [5, 5.41) is 2.87. The Morgan fingerprint density at radius 3 is 2.58 bits per heavy atom. The fourth-order valence-electron chi connectivity index (χ4n) is 0.919. The van der Waals surface area contributed by atoms with Crippen molar-refractivity contribution in [2.24, 2.45) is 0 Å². The molecule has 0 unspecified atom stereocenters. The third-order valence-electron chi connectivity index (χ3n) is 1.48. The maximum Gasteiger partial charge on any atom is 0.124 e. The Bertz CT molecular complexity index is 353. The molecule has 2 aromatic rings. The second-order valence-electron chi connectivity index (χ2n) is 2.29. The first kappa shape index (κ1) is 7.95. The highest BCUT2D eigenvalue weighted by Crippen LogP contribution is 2.22. The van der Waals surface area contributed by atoms with Crippen LogP contribution in [0, 0.1) is 6.20 Å². The van der Waals surface area contributed by atoms with Gasteiger partial charge in [0.15, 0.2) is 0 Å². The molecule has 0 aliphatic rings. The number of thiazole rings is 1. The van der Waals surface area contributed by atoms with Crippen molar-refractivity contribution in [2.45, 2.75) is 0 Å². The Morgan fingerprint density at radius 1 is 1.25 bits per heavy atom. The molecule has 3 heteroatoms. The van der Waals surface area contributed by atoms with Gasteiger partial charge in [-0.1, -0.05) is 28.1 Å². The first-order valence-electron chi connectivity index (χ1n) is 3.44. The monoisotopic (exact) mass is 238 g/mol. The van der Waals surface area contributed by atoms with Crippen LogP contribution in [-0.4, -0.2) is 4.98 Å². The maximum atomic E-state index is 4.09. The zero-order chi connectivity index (χ0) is 8.39. The lowest BCUT2D eigenvalue weighted by Crippen LogP contribution is -1.73. The fourth-order valence-corrected chi connectivity index (χ4v) is 1.78. The summed E-state index contributed by atoms with van der Waals surface area (Å²) in [6.45, 7) is 0. The molecular formula is C9H5BrNS. The highest BCUT2D eigenvalue weighted by atomic mass is 79.9. The molecule has 2 rings (SSSR count). The van der Waals surface area contributed by atoms with Crippen LogP contribution in [0.2, 0.25) is 0 Å². The van der Waals surface area contributed by atoms with E-state index < -0.39 is 0 Å². The topological polar surface area (TPSA) is 12.9 Å². The van der Waals surface area contributed by atoms with Gasteiger partial charge in [-0.05, 0) is 12.1 Å². The molecule has 59 valence electrons. The zero-order valence-electron chi connectivity index (χ0n) is 6.12. The number of aromatic nitrogens is 1. The minimum atomic E-state index is 1.02. The second-order valence-corrected chi connectivity index (χ2v) is 4.06. The largest absolute Gasteiger partial charge is 0.234 e. The summed E-state index contributed by atoms with van der Waals surface area (Å²) in [6, 6.07) is 8.10. The standard InChI is InChI=1S/C9H5BrNS/c10-8-3-1-7(2-4-8)9-11-5-6-12-9/h1-4,6H. The molecule has 1 radical (unpaired) electrons. The van der Waals surface area contributed by atoms with E-state index in [1.807, 2.05) is 29.6 Å². The molecule has 0 atom stereocenters. The summed E-state index contributed by atoms with van der Waals surface area (Å²) in [7, 11) is 0. The van der Waals surface area contributed by atoms with Crippen LogP contribution in [0.5, 0.6) is 0 Å². The first-order valence-corrected chi connectivity index (χ1v) is 5.11. The molecular weight excluding hydrogens is 234 g/mol. The van der Waals surface area contributed by atoms with E-state index in [2.05, 4.69) is 27.1 Å². The average Bonchev–Trinajstić information content (AvgIpc) is 2.58. The summed E-state index contributed by atoms with van der Waals surface area (Å²) in [4.78, 5) is 4.09. The molecule has 12 heavy (non-hydrogen) atoms. The molecule has 0 aliphatic heterocycles. The van der Waals surface area contributed by atoms with Crippen molar-refractivity contribution in [3.63, 3.8) is 0 Å². The van der Waals surface area contributed by atoms with E-state index in [0.717, 1.165) is 15.0 Å². The number of hydrogen-bond acceptors (Lipinski definition) is 2. The van der Waals surface area contributed by atoms with Crippen molar-refractivity contribution >= 4 is 27.3 Å². The van der Waals surface area contributed by atoms with Gasteiger partial charge in [-0.3, -0.25) is 0 Å². The molecule has 0 amide bonds. The highest BCUT2D eigenvalue weighted by molar-refractivity contribution is 9.10. The van der Waals surface area contributed by atoms with Gasteiger partial charge in [-0.15, -0.1) is 11.3 Å². The molecule has 0 spiro atoms. The summed E-state index contributed by atoms with van der Waals surface area (Å²) >= 11 is 4.98. The summed E-state index contributed by atoms with van der Waals surface area (Å²) in [5.41, 5.74) is 1.14. The second kappa shape index (κ2) is 3.37. The van der Waals surface area contributed by atoms with E-state index in [4.69, 9.17) is 0 Å². The number of hydrogen-bond donors (Lipinski definition) is 0. The average molecular weight is 239 g/mol. The first-order chi connectivity index (χ1) is 5.86. The Balaban J connectivity index is 2.43. The Labute approximate surface area is 83.2 Å². The molecule has 0 saturated heterocycles. The predicted molar refractivity (Wildman–Crippen MR) is 54.1 cm³/mol. The molecule has 1 heterocycles. The van der Waals surface area contributed by atoms with E-state index in [1.165, 1.54) is 0 Å². The summed E-state index contributed by atoms with van der Waals surface area (Å²) in [5.74, 6) is 0. The van der Waals surface area contributed by atoms with Crippen LogP contribution in [0.25, 0.3) is 10.6 Å². The van der Waals surface area contributed by atoms with E-state index in [-0.39, 0.29) is 0 Å². The van der Waals surface area contributed by atoms with Gasteiger partial charge in [-0.25, -0.2) is 4.98 Å². The molecule has 1 aromatic heterocycles. The number of nitrogens with zero attached hydrogens (tertiary/aromatic N) is 1. The molecule has 0 bridgehead atoms. The number of rotatable bonds is 1. The third kappa shape index (κ3) is 1.57. The molecule has 1 aromatic carbocycles. The zero-order valence-corrected chi connectivity index (χ0v) is 8.52. The van der Waals surface area contributed by atoms with Crippen LogP contribution < -0.4 is 0 Å². The number of benzene rings is 1. The SMILES string of the molecule is Brc1ccc(-c2n[c]cs2)cc1. The molecule has 1 nitrogen and oxygen atoms in total. The minimum absolute atomic E-state index is 1.02. The quantitative estimate of drug-likeness (QED) is 0.743. The van der Waals surface area contributed by atoms with Crippen LogP contribution in [0.15, 0.2) is 34.1 Å². The highest BCUT2D eigenvalue weighted by Gasteiger charge is 1.98. The van der Waals surface area contributed by atoms with Gasteiger partial charge in [0.25, 0.3) is 0 Å². The van der Waals surface area contributed by atoms with Crippen molar-refractivity contribution in [3.05, 3.63) is 40.3 Å². The van der Waals surface area contributed by atoms with Gasteiger partial charge in [0.2, 0.25) is 0 Å². The Morgan fingerprint density at radius 2 is 2.00 bits per heavy atom. The Kier molecular flexibility index (Phi) is 2.23. The van der Waals surface area contributed by atoms with Gasteiger partial charge in [0.1, 0.15) is 11.2 Å². The molecule has 0 N–H and O–H groups in total. The van der Waals surface area contributed by atoms with Crippen LogP contribution in [0.1, 0.15) is 0 Å². The van der Waals surface area contributed by atoms with Gasteiger partial charge in [-0.2, -0.15) is 0 Å². The van der Waals surface area contributed by atoms with E-state index >= 15 is 0 Å². The van der Waals surface area contributed by atoms with Gasteiger partial charge >= 0.3 is 0 Å². The predicted octanol–water partition coefficient (Wildman–Crippen LogP) is 3.37. The molecule has 0 saturated carbocycles. The normalized spacial score (nSPS) is 10.1. The van der Waals surface area contributed by atoms with Crippen molar-refractivity contribution in [1.29, 1.82) is 0 Å². The van der Waals surface area contributed by atoms with Crippen molar-refractivity contribution in [3.8, 4) is 10.6 Å². The van der Waals surface area contributed by atoms with Crippen molar-refractivity contribution in [2.75, 3.05) is 0 Å². The fraction of sp³-hybridized carbons (Fsp3) is 0. The summed E-state index contributed by atoms with van der Waals surface area (Å²) < 4.78 is 1.09. The minimum Gasteiger partial charge on any atom is -0.234 e. The lowest BCUT2D eigenvalue weighted by atomic mass is 10.2. The van der Waals surface area contributed by atoms with Gasteiger partial charge in [0, 0.05) is 15.4 Å². The lowest BCUT2D eigenvalue weighted by Gasteiger charge is -1.94. The van der Waals surface area contributed by atoms with E-state index in [0.29, 0.717) is 0 Å². The van der Waals surface area contributed by atoms with Crippen LogP contribution in [0.3, 0.4) is 0 Å². The van der Waals surface area contributed by atoms with Crippen LogP contribution >= 0.6 is 27.3 Å². The third-order valence-corrected chi connectivity index (χ3v) is 2.78. The van der Waals surface area contributed by atoms with Crippen LogP contribution in [-0.2, 0) is 0 Å². The molecule has 0 fully saturated rings. The van der Waals surface area contributed by atoms with Crippen molar-refractivity contribution < 1.29 is 0 Å². The summed E-state index contributed by atoms with van der Waals surface area (Å²) in [6.07, 6.45) is 2.80. The number of halogens is 1. The van der Waals surface area contributed by atoms with E-state index in [1.54, 1.807) is 11.3 Å². The maximum absolute atomic E-state index is 4.09. The smallest absolute Gasteiger partial charge is 0.124 e. The van der Waals surface area contributed by atoms with Gasteiger partial charge < -0.3 is 0 Å².